The first-order chi connectivity index (χ1) is 10.8. The Morgan fingerprint density at radius 1 is 1.18 bits per heavy atom. The van der Waals surface area contributed by atoms with Crippen LogP contribution >= 0.6 is 0 Å². The molecule has 2 aromatic carbocycles. The van der Waals surface area contributed by atoms with Gasteiger partial charge in [-0.3, -0.25) is 4.79 Å². The van der Waals surface area contributed by atoms with Crippen molar-refractivity contribution < 1.29 is 4.79 Å². The molecule has 2 aromatic rings. The molecule has 0 saturated carbocycles. The van der Waals surface area contributed by atoms with Crippen LogP contribution in [0.3, 0.4) is 0 Å². The van der Waals surface area contributed by atoms with E-state index < -0.39 is 0 Å². The summed E-state index contributed by atoms with van der Waals surface area (Å²) in [5.74, 6) is -0.0234. The average molecular weight is 291 g/mol. The first-order valence-electron chi connectivity index (χ1n) is 7.35. The monoisotopic (exact) mass is 291 g/mol. The van der Waals surface area contributed by atoms with Gasteiger partial charge in [-0.1, -0.05) is 30.3 Å². The van der Waals surface area contributed by atoms with E-state index in [1.807, 2.05) is 36.4 Å². The minimum absolute atomic E-state index is 0.0234. The zero-order valence-electron chi connectivity index (χ0n) is 12.2. The largest absolute Gasteiger partial charge is 0.362 e. The summed E-state index contributed by atoms with van der Waals surface area (Å²) in [5, 5.41) is 11.6. The van der Waals surface area contributed by atoms with Gasteiger partial charge >= 0.3 is 0 Å². The molecule has 0 radical (unpaired) electrons. The number of fused-ring (bicyclic) bond motifs is 1. The van der Waals surface area contributed by atoms with Gasteiger partial charge in [0.05, 0.1) is 19.0 Å². The predicted octanol–water partition coefficient (Wildman–Crippen LogP) is 2.75. The predicted molar refractivity (Wildman–Crippen MR) is 86.7 cm³/mol. The number of hydrogen-bond donors (Lipinski definition) is 1. The van der Waals surface area contributed by atoms with E-state index in [9.17, 15) is 4.79 Å². The van der Waals surface area contributed by atoms with E-state index in [1.54, 1.807) is 0 Å². The Morgan fingerprint density at radius 3 is 2.73 bits per heavy atom. The van der Waals surface area contributed by atoms with Gasteiger partial charge in [0.15, 0.2) is 0 Å². The summed E-state index contributed by atoms with van der Waals surface area (Å²) in [5.41, 5.74) is 4.17. The van der Waals surface area contributed by atoms with Crippen LogP contribution in [0.5, 0.6) is 0 Å². The second-order valence-electron chi connectivity index (χ2n) is 5.38. The molecule has 22 heavy (non-hydrogen) atoms. The van der Waals surface area contributed by atoms with Crippen molar-refractivity contribution in [3.05, 3.63) is 59.7 Å². The fourth-order valence-electron chi connectivity index (χ4n) is 2.74. The summed E-state index contributed by atoms with van der Waals surface area (Å²) in [7, 11) is 0. The highest BCUT2D eigenvalue weighted by molar-refractivity contribution is 5.94. The topological polar surface area (TPSA) is 56.1 Å². The van der Waals surface area contributed by atoms with Gasteiger partial charge in [0.1, 0.15) is 0 Å². The van der Waals surface area contributed by atoms with Crippen molar-refractivity contribution >= 4 is 17.3 Å². The molecule has 1 heterocycles. The molecule has 1 aliphatic heterocycles. The normalized spacial score (nSPS) is 12.6. The van der Waals surface area contributed by atoms with E-state index in [2.05, 4.69) is 28.4 Å². The zero-order chi connectivity index (χ0) is 15.4. The number of carbonyl (C=O) groups excluding carboxylic acids is 1. The molecule has 0 atom stereocenters. The Kier molecular flexibility index (Phi) is 4.06. The third kappa shape index (κ3) is 3.09. The number of nitrogens with one attached hydrogen (secondary N) is 1. The fourth-order valence-corrected chi connectivity index (χ4v) is 2.74. The van der Waals surface area contributed by atoms with Gasteiger partial charge < -0.3 is 10.2 Å². The molecule has 0 aliphatic carbocycles. The molecule has 1 N–H and O–H groups in total. The molecule has 0 unspecified atom stereocenters. The van der Waals surface area contributed by atoms with Crippen LogP contribution < -0.4 is 10.2 Å². The molecule has 0 spiro atoms. The molecule has 0 bridgehead atoms. The van der Waals surface area contributed by atoms with Crippen molar-refractivity contribution in [3.8, 4) is 6.07 Å². The molecule has 3 rings (SSSR count). The number of rotatable bonds is 4. The third-order valence-electron chi connectivity index (χ3n) is 3.84. The number of para-hydroxylation sites is 1. The van der Waals surface area contributed by atoms with Crippen LogP contribution in [0, 0.1) is 11.3 Å². The highest BCUT2D eigenvalue weighted by Crippen LogP contribution is 2.26. The number of benzene rings is 2. The van der Waals surface area contributed by atoms with E-state index in [0.29, 0.717) is 13.0 Å². The quantitative estimate of drug-likeness (QED) is 0.942. The zero-order valence-corrected chi connectivity index (χ0v) is 12.2. The smallest absolute Gasteiger partial charge is 0.243 e. The highest BCUT2D eigenvalue weighted by atomic mass is 16.2. The highest BCUT2D eigenvalue weighted by Gasteiger charge is 2.20. The molecule has 1 amide bonds. The van der Waals surface area contributed by atoms with E-state index in [-0.39, 0.29) is 5.91 Å². The van der Waals surface area contributed by atoms with Gasteiger partial charge in [-0.05, 0) is 35.7 Å². The van der Waals surface area contributed by atoms with Gasteiger partial charge in [0, 0.05) is 17.9 Å². The molecule has 1 aliphatic rings. The van der Waals surface area contributed by atoms with Crippen LogP contribution in [0.25, 0.3) is 0 Å². The first-order valence-corrected chi connectivity index (χ1v) is 7.35. The third-order valence-corrected chi connectivity index (χ3v) is 3.84. The summed E-state index contributed by atoms with van der Waals surface area (Å²) in [6, 6.07) is 17.7. The summed E-state index contributed by atoms with van der Waals surface area (Å²) in [6.45, 7) is 1.24. The summed E-state index contributed by atoms with van der Waals surface area (Å²) < 4.78 is 0. The maximum atomic E-state index is 12.2. The van der Waals surface area contributed by atoms with Crippen molar-refractivity contribution in [1.82, 2.24) is 0 Å². The van der Waals surface area contributed by atoms with Crippen molar-refractivity contribution in [2.45, 2.75) is 12.8 Å². The lowest BCUT2D eigenvalue weighted by molar-refractivity contribution is -0.115. The van der Waals surface area contributed by atoms with Crippen LogP contribution in [0.1, 0.15) is 11.1 Å². The summed E-state index contributed by atoms with van der Waals surface area (Å²) in [4.78, 5) is 14.3. The molecule has 4 nitrogen and oxygen atoms in total. The molecule has 110 valence electrons. The Balaban J connectivity index is 1.60. The second kappa shape index (κ2) is 6.31. The number of anilines is 2. The molecule has 4 heteroatoms. The van der Waals surface area contributed by atoms with Gasteiger partial charge in [-0.15, -0.1) is 0 Å². The fraction of sp³-hybridized carbons (Fsp3) is 0.222. The lowest BCUT2D eigenvalue weighted by Crippen LogP contribution is -2.31. The summed E-state index contributed by atoms with van der Waals surface area (Å²) >= 11 is 0. The van der Waals surface area contributed by atoms with Gasteiger partial charge in [0.2, 0.25) is 5.91 Å². The average Bonchev–Trinajstić information content (AvgIpc) is 2.93. The van der Waals surface area contributed by atoms with Crippen LogP contribution in [0.4, 0.5) is 11.4 Å². The standard InChI is InChI=1S/C18H17N3O/c19-11-9-14-5-7-16(8-6-14)20-18(22)13-21-12-10-15-3-1-2-4-17(15)21/h1-8H,9-10,12-13H2,(H,20,22). The Labute approximate surface area is 130 Å². The van der Waals surface area contributed by atoms with Crippen LogP contribution in [-0.2, 0) is 17.6 Å². The lowest BCUT2D eigenvalue weighted by Gasteiger charge is -2.18. The van der Waals surface area contributed by atoms with Crippen LogP contribution in [0.15, 0.2) is 48.5 Å². The first kappa shape index (κ1) is 14.2. The van der Waals surface area contributed by atoms with E-state index >= 15 is 0 Å². The number of nitrogens with zero attached hydrogens (tertiary/aromatic N) is 2. The molecular weight excluding hydrogens is 274 g/mol. The van der Waals surface area contributed by atoms with Gasteiger partial charge in [-0.25, -0.2) is 0 Å². The van der Waals surface area contributed by atoms with Crippen LogP contribution in [0.2, 0.25) is 0 Å². The maximum Gasteiger partial charge on any atom is 0.243 e. The maximum absolute atomic E-state index is 12.2. The molecule has 0 aromatic heterocycles. The molecule has 0 fully saturated rings. The Hall–Kier alpha value is -2.80. The number of amides is 1. The van der Waals surface area contributed by atoms with Gasteiger partial charge in [-0.2, -0.15) is 5.26 Å². The molecule has 0 saturated heterocycles. The number of carbonyl (C=O) groups is 1. The van der Waals surface area contributed by atoms with Crippen molar-refractivity contribution in [3.63, 3.8) is 0 Å². The van der Waals surface area contributed by atoms with Gasteiger partial charge in [0.25, 0.3) is 0 Å². The molecular formula is C18H17N3O. The summed E-state index contributed by atoms with van der Waals surface area (Å²) in [6.07, 6.45) is 1.38. The van der Waals surface area contributed by atoms with E-state index in [0.717, 1.165) is 29.9 Å². The van der Waals surface area contributed by atoms with Crippen molar-refractivity contribution in [1.29, 1.82) is 5.26 Å². The Morgan fingerprint density at radius 2 is 1.95 bits per heavy atom. The minimum atomic E-state index is -0.0234. The van der Waals surface area contributed by atoms with Crippen molar-refractivity contribution in [2.24, 2.45) is 0 Å². The number of hydrogen-bond acceptors (Lipinski definition) is 3. The van der Waals surface area contributed by atoms with Crippen molar-refractivity contribution in [2.75, 3.05) is 23.3 Å². The second-order valence-corrected chi connectivity index (χ2v) is 5.38. The minimum Gasteiger partial charge on any atom is -0.362 e. The lowest BCUT2D eigenvalue weighted by atomic mass is 10.1. The van der Waals surface area contributed by atoms with E-state index in [1.165, 1.54) is 5.56 Å². The number of nitriles is 1. The van der Waals surface area contributed by atoms with Crippen LogP contribution in [-0.4, -0.2) is 19.0 Å². The van der Waals surface area contributed by atoms with E-state index in [4.69, 9.17) is 5.26 Å². The Bertz CT molecular complexity index is 716. The SMILES string of the molecule is N#CCc1ccc(NC(=O)CN2CCc3ccccc32)cc1.